The third kappa shape index (κ3) is 7.79. The summed E-state index contributed by atoms with van der Waals surface area (Å²) in [5.41, 5.74) is 20.1. The Balaban J connectivity index is 0.00000160. The van der Waals surface area contributed by atoms with Gasteiger partial charge in [-0.15, -0.1) is 0 Å². The zero-order valence-corrected chi connectivity index (χ0v) is 31.6. The molecule has 0 spiro atoms. The third-order valence-electron chi connectivity index (χ3n) is 9.70. The summed E-state index contributed by atoms with van der Waals surface area (Å²) >= 11 is 0.194. The van der Waals surface area contributed by atoms with Gasteiger partial charge >= 0.3 is 33.3 Å². The number of benzene rings is 4. The molecule has 0 aliphatic carbocycles. The Labute approximate surface area is 295 Å². The normalized spacial score (nSPS) is 11.8. The monoisotopic (exact) mass is 703 g/mol. The fraction of sp³-hybridized carbons (Fsp3) is 0.244. The number of hydrogen-bond donors (Lipinski definition) is 0. The molecule has 4 aromatic carbocycles. The second-order valence-electron chi connectivity index (χ2n) is 12.1. The predicted octanol–water partition coefficient (Wildman–Crippen LogP) is 11.9. The van der Waals surface area contributed by atoms with Crippen LogP contribution in [-0.4, -0.2) is 16.4 Å². The van der Waals surface area contributed by atoms with E-state index in [2.05, 4.69) is 136 Å². The van der Waals surface area contributed by atoms with Crippen molar-refractivity contribution >= 4 is 43.0 Å². The number of aromatic nitrogens is 1. The average Bonchev–Trinajstić information content (AvgIpc) is 3.09. The summed E-state index contributed by atoms with van der Waals surface area (Å²) in [5.74, 6) is 0. The molecule has 0 unspecified atom stereocenters. The van der Waals surface area contributed by atoms with Crippen LogP contribution >= 0.6 is 20.2 Å². The van der Waals surface area contributed by atoms with Crippen LogP contribution in [0.4, 0.5) is 11.4 Å². The van der Waals surface area contributed by atoms with Crippen molar-refractivity contribution in [1.29, 1.82) is 0 Å². The average molecular weight is 705 g/mol. The van der Waals surface area contributed by atoms with Crippen LogP contribution in [0.15, 0.2) is 88.8 Å². The SMILES string of the molecule is Cc1c(C)c(C)c(N=C(c2ccccc2)c2cccc(C(=Nc3c(C)c(C)c(C)c(C)c3C)c3ccccc3)n2)c(C)c1C.[Cl][Fe][Cl]. The maximum absolute atomic E-state index is 5.39. The Morgan fingerprint density at radius 1 is 0.426 bits per heavy atom. The van der Waals surface area contributed by atoms with E-state index in [1.807, 2.05) is 12.1 Å². The van der Waals surface area contributed by atoms with Crippen molar-refractivity contribution in [3.05, 3.63) is 157 Å². The number of hydrogen-bond acceptors (Lipinski definition) is 3. The van der Waals surface area contributed by atoms with Gasteiger partial charge in [0.25, 0.3) is 0 Å². The van der Waals surface area contributed by atoms with E-state index in [4.69, 9.17) is 35.2 Å². The first-order chi connectivity index (χ1) is 22.4. The van der Waals surface area contributed by atoms with Crippen LogP contribution in [0.3, 0.4) is 0 Å². The third-order valence-corrected chi connectivity index (χ3v) is 9.70. The molecule has 5 rings (SSSR count). The van der Waals surface area contributed by atoms with E-state index in [1.165, 1.54) is 55.6 Å². The van der Waals surface area contributed by atoms with Gasteiger partial charge in [-0.25, -0.2) is 15.0 Å². The number of aliphatic imine (C=N–C) groups is 2. The summed E-state index contributed by atoms with van der Waals surface area (Å²) in [6.45, 7) is 21.9. The summed E-state index contributed by atoms with van der Waals surface area (Å²) in [5, 5.41) is 0. The number of rotatable bonds is 6. The van der Waals surface area contributed by atoms with Crippen molar-refractivity contribution in [2.75, 3.05) is 0 Å². The Hall–Kier alpha value is -3.53. The summed E-state index contributed by atoms with van der Waals surface area (Å²) in [4.78, 5) is 16.1. The van der Waals surface area contributed by atoms with E-state index in [1.54, 1.807) is 0 Å². The van der Waals surface area contributed by atoms with Crippen molar-refractivity contribution < 1.29 is 13.1 Å². The molecular weight excluding hydrogens is 661 g/mol. The molecule has 0 aliphatic heterocycles. The van der Waals surface area contributed by atoms with E-state index in [9.17, 15) is 0 Å². The van der Waals surface area contributed by atoms with Gasteiger partial charge < -0.3 is 0 Å². The molecule has 47 heavy (non-hydrogen) atoms. The van der Waals surface area contributed by atoms with Gasteiger partial charge in [-0.05, 0) is 137 Å². The molecule has 0 N–H and O–H groups in total. The van der Waals surface area contributed by atoms with Crippen LogP contribution in [-0.2, 0) is 13.1 Å². The number of nitrogens with zero attached hydrogens (tertiary/aromatic N) is 3. The molecule has 1 aromatic heterocycles. The molecule has 5 aromatic rings. The Kier molecular flexibility index (Phi) is 12.4. The van der Waals surface area contributed by atoms with E-state index in [-0.39, 0.29) is 13.1 Å². The molecule has 0 saturated carbocycles. The van der Waals surface area contributed by atoms with Crippen LogP contribution in [0, 0.1) is 69.2 Å². The minimum absolute atomic E-state index is 0.194. The number of pyridine rings is 1. The summed E-state index contributed by atoms with van der Waals surface area (Å²) in [7, 11) is 9.53. The van der Waals surface area contributed by atoms with E-state index < -0.39 is 0 Å². The van der Waals surface area contributed by atoms with Crippen LogP contribution < -0.4 is 0 Å². The summed E-state index contributed by atoms with van der Waals surface area (Å²) < 4.78 is 0. The predicted molar refractivity (Wildman–Crippen MR) is 200 cm³/mol. The molecule has 1 heterocycles. The van der Waals surface area contributed by atoms with Gasteiger partial charge in [-0.3, -0.25) is 0 Å². The molecule has 0 saturated heterocycles. The fourth-order valence-corrected chi connectivity index (χ4v) is 5.95. The zero-order chi connectivity index (χ0) is 34.4. The standard InChI is InChI=1S/C41H43N3.2ClH.Fe/c1-24-26(3)30(7)38(31(8)27(24)4)43-40(34-18-13-11-14-19-34)36-22-17-23-37(42-36)41(35-20-15-12-16-21-35)44-39-32(9)28(5)25(2)29(6)33(39)10;;;/h11-23H,1-10H3;2*1H;/q;;;+2/p-2. The Morgan fingerprint density at radius 3 is 1.00 bits per heavy atom. The minimum atomic E-state index is 0.194. The van der Waals surface area contributed by atoms with Crippen molar-refractivity contribution in [1.82, 2.24) is 4.98 Å². The summed E-state index contributed by atoms with van der Waals surface area (Å²) in [6, 6.07) is 27.0. The first-order valence-electron chi connectivity index (χ1n) is 15.7. The van der Waals surface area contributed by atoms with Gasteiger partial charge in [-0.2, -0.15) is 0 Å². The second-order valence-corrected chi connectivity index (χ2v) is 13.9. The van der Waals surface area contributed by atoms with Gasteiger partial charge in [0.05, 0.1) is 34.2 Å². The van der Waals surface area contributed by atoms with Crippen LogP contribution in [0.5, 0.6) is 0 Å². The Bertz CT molecular complexity index is 1770. The molecule has 3 nitrogen and oxygen atoms in total. The fourth-order valence-electron chi connectivity index (χ4n) is 5.95. The molecule has 0 fully saturated rings. The number of halogens is 2. The topological polar surface area (TPSA) is 37.6 Å². The molecular formula is C41H43Cl2FeN3. The van der Waals surface area contributed by atoms with Gasteiger partial charge in [0.15, 0.2) is 0 Å². The molecule has 0 bridgehead atoms. The van der Waals surface area contributed by atoms with E-state index >= 15 is 0 Å². The molecule has 0 atom stereocenters. The van der Waals surface area contributed by atoms with Gasteiger partial charge in [0.1, 0.15) is 0 Å². The van der Waals surface area contributed by atoms with E-state index in [0.717, 1.165) is 45.3 Å². The first kappa shape index (κ1) is 36.3. The molecule has 0 amide bonds. The van der Waals surface area contributed by atoms with Gasteiger partial charge in [-0.1, -0.05) is 66.7 Å². The molecule has 244 valence electrons. The van der Waals surface area contributed by atoms with Crippen molar-refractivity contribution in [3.8, 4) is 0 Å². The van der Waals surface area contributed by atoms with Crippen molar-refractivity contribution in [2.24, 2.45) is 9.98 Å². The van der Waals surface area contributed by atoms with Crippen molar-refractivity contribution in [2.45, 2.75) is 69.2 Å². The Morgan fingerprint density at radius 2 is 0.702 bits per heavy atom. The maximum atomic E-state index is 5.39. The van der Waals surface area contributed by atoms with Crippen LogP contribution in [0.2, 0.25) is 0 Å². The first-order valence-corrected chi connectivity index (χ1v) is 18.7. The van der Waals surface area contributed by atoms with Crippen molar-refractivity contribution in [3.63, 3.8) is 0 Å². The molecule has 6 heteroatoms. The second kappa shape index (κ2) is 16.0. The molecule has 0 aliphatic rings. The van der Waals surface area contributed by atoms with Crippen LogP contribution in [0.25, 0.3) is 0 Å². The van der Waals surface area contributed by atoms with Gasteiger partial charge in [0.2, 0.25) is 0 Å². The quantitative estimate of drug-likeness (QED) is 0.128. The zero-order valence-electron chi connectivity index (χ0n) is 29.0. The molecule has 0 radical (unpaired) electrons. The van der Waals surface area contributed by atoms with Gasteiger partial charge in [0, 0.05) is 11.1 Å². The van der Waals surface area contributed by atoms with E-state index in [0.29, 0.717) is 0 Å². The van der Waals surface area contributed by atoms with Crippen LogP contribution in [0.1, 0.15) is 78.1 Å². The summed E-state index contributed by atoms with van der Waals surface area (Å²) in [6.07, 6.45) is 0.